The van der Waals surface area contributed by atoms with E-state index < -0.39 is 23.4 Å². The maximum Gasteiger partial charge on any atom is 0.343 e. The second-order valence-electron chi connectivity index (χ2n) is 5.25. The lowest BCUT2D eigenvalue weighted by Crippen LogP contribution is -2.61. The smallest absolute Gasteiger partial charge is 0.343 e. The average Bonchev–Trinajstić information content (AvgIpc) is 2.53. The molecule has 0 radical (unpaired) electrons. The van der Waals surface area contributed by atoms with Gasteiger partial charge in [-0.1, -0.05) is 6.92 Å². The summed E-state index contributed by atoms with van der Waals surface area (Å²) in [6.07, 6.45) is 0.0573. The third-order valence-electron chi connectivity index (χ3n) is 3.64. The molecule has 0 aromatic carbocycles. The van der Waals surface area contributed by atoms with Crippen molar-refractivity contribution in [3.05, 3.63) is 0 Å². The fraction of sp³-hybridized carbons (Fsp3) is 0.800. The van der Waals surface area contributed by atoms with Gasteiger partial charge in [0.05, 0.1) is 19.8 Å². The number of carbonyl (C=O) groups is 3. The summed E-state index contributed by atoms with van der Waals surface area (Å²) in [6, 6.07) is 0. The lowest BCUT2D eigenvalue weighted by Gasteiger charge is -2.30. The number of esters is 2. The zero-order chi connectivity index (χ0) is 17.3. The van der Waals surface area contributed by atoms with E-state index in [4.69, 9.17) is 14.2 Å². The summed E-state index contributed by atoms with van der Waals surface area (Å²) in [6.45, 7) is 8.17. The minimum absolute atomic E-state index is 0.0573. The predicted molar refractivity (Wildman–Crippen MR) is 81.7 cm³/mol. The summed E-state index contributed by atoms with van der Waals surface area (Å²) in [4.78, 5) is 38.1. The van der Waals surface area contributed by atoms with Gasteiger partial charge in [-0.3, -0.25) is 9.69 Å². The van der Waals surface area contributed by atoms with Crippen LogP contribution in [0.15, 0.2) is 0 Å². The zero-order valence-corrected chi connectivity index (χ0v) is 14.1. The van der Waals surface area contributed by atoms with Gasteiger partial charge in [-0.25, -0.2) is 9.59 Å². The van der Waals surface area contributed by atoms with Crippen LogP contribution < -0.4 is 5.32 Å². The monoisotopic (exact) mass is 330 g/mol. The number of rotatable bonds is 8. The van der Waals surface area contributed by atoms with E-state index in [2.05, 4.69) is 10.2 Å². The van der Waals surface area contributed by atoms with Crippen molar-refractivity contribution in [2.75, 3.05) is 46.1 Å². The summed E-state index contributed by atoms with van der Waals surface area (Å²) in [5, 5.41) is 2.39. The molecular formula is C15H26N2O6. The summed E-state index contributed by atoms with van der Waals surface area (Å²) in [5.41, 5.74) is -1.78. The van der Waals surface area contributed by atoms with E-state index in [-0.39, 0.29) is 19.6 Å². The van der Waals surface area contributed by atoms with Gasteiger partial charge < -0.3 is 19.5 Å². The van der Waals surface area contributed by atoms with Crippen molar-refractivity contribution in [2.45, 2.75) is 32.7 Å². The van der Waals surface area contributed by atoms with Gasteiger partial charge >= 0.3 is 11.9 Å². The molecule has 1 aliphatic rings. The van der Waals surface area contributed by atoms with Crippen molar-refractivity contribution < 1.29 is 28.6 Å². The molecule has 1 saturated heterocycles. The van der Waals surface area contributed by atoms with Gasteiger partial charge in [0, 0.05) is 26.6 Å². The van der Waals surface area contributed by atoms with Crippen LogP contribution in [0.2, 0.25) is 0 Å². The molecule has 1 heterocycles. The van der Waals surface area contributed by atoms with Crippen molar-refractivity contribution in [3.63, 3.8) is 0 Å². The van der Waals surface area contributed by atoms with Crippen molar-refractivity contribution >= 4 is 17.8 Å². The minimum atomic E-state index is -1.78. The molecule has 1 aliphatic heterocycles. The first kappa shape index (κ1) is 19.4. The number of hydrogen-bond acceptors (Lipinski definition) is 7. The molecule has 1 unspecified atom stereocenters. The van der Waals surface area contributed by atoms with Crippen LogP contribution in [-0.4, -0.2) is 74.3 Å². The molecule has 132 valence electrons. The average molecular weight is 330 g/mol. The summed E-state index contributed by atoms with van der Waals surface area (Å²) < 4.78 is 15.4. The SMILES string of the molecule is CCOC(=O)C(CC)(NC(C)=O)C(=O)OCCN1CCOCC1. The molecule has 1 atom stereocenters. The van der Waals surface area contributed by atoms with Crippen LogP contribution in [0.25, 0.3) is 0 Å². The molecule has 1 N–H and O–H groups in total. The highest BCUT2D eigenvalue weighted by molar-refractivity contribution is 6.07. The molecule has 0 aromatic rings. The topological polar surface area (TPSA) is 94.2 Å². The van der Waals surface area contributed by atoms with Gasteiger partial charge in [0.15, 0.2) is 0 Å². The van der Waals surface area contributed by atoms with Crippen molar-refractivity contribution in [3.8, 4) is 0 Å². The van der Waals surface area contributed by atoms with Crippen LogP contribution in [0.3, 0.4) is 0 Å². The van der Waals surface area contributed by atoms with Crippen molar-refractivity contribution in [2.24, 2.45) is 0 Å². The van der Waals surface area contributed by atoms with Gasteiger partial charge in [-0.2, -0.15) is 0 Å². The first-order valence-corrected chi connectivity index (χ1v) is 7.89. The fourth-order valence-corrected chi connectivity index (χ4v) is 2.33. The van der Waals surface area contributed by atoms with E-state index in [1.807, 2.05) is 0 Å². The number of carbonyl (C=O) groups excluding carboxylic acids is 3. The van der Waals surface area contributed by atoms with Gasteiger partial charge in [-0.05, 0) is 13.3 Å². The Morgan fingerprint density at radius 3 is 2.26 bits per heavy atom. The lowest BCUT2D eigenvalue weighted by atomic mass is 9.96. The Morgan fingerprint density at radius 2 is 1.74 bits per heavy atom. The molecule has 8 heteroatoms. The molecule has 0 bridgehead atoms. The molecular weight excluding hydrogens is 304 g/mol. The molecule has 23 heavy (non-hydrogen) atoms. The predicted octanol–water partition coefficient (Wildman–Crippen LogP) is -0.290. The Kier molecular flexibility index (Phi) is 7.97. The van der Waals surface area contributed by atoms with Crippen LogP contribution in [0.5, 0.6) is 0 Å². The van der Waals surface area contributed by atoms with Gasteiger partial charge in [0.25, 0.3) is 0 Å². The van der Waals surface area contributed by atoms with Crippen LogP contribution in [0.1, 0.15) is 27.2 Å². The largest absolute Gasteiger partial charge is 0.464 e. The fourth-order valence-electron chi connectivity index (χ4n) is 2.33. The zero-order valence-electron chi connectivity index (χ0n) is 14.1. The second kappa shape index (κ2) is 9.46. The summed E-state index contributed by atoms with van der Waals surface area (Å²) in [7, 11) is 0. The van der Waals surface area contributed by atoms with Gasteiger partial charge in [0.1, 0.15) is 6.61 Å². The van der Waals surface area contributed by atoms with Crippen LogP contribution in [0, 0.1) is 0 Å². The van der Waals surface area contributed by atoms with Crippen molar-refractivity contribution in [1.29, 1.82) is 0 Å². The molecule has 1 amide bonds. The standard InChI is InChI=1S/C15H26N2O6/c1-4-15(16-12(3)18,13(19)22-5-2)14(20)23-11-8-17-6-9-21-10-7-17/h4-11H2,1-3H3,(H,16,18). The summed E-state index contributed by atoms with van der Waals surface area (Å²) in [5.74, 6) is -2.08. The number of nitrogens with one attached hydrogen (secondary N) is 1. The summed E-state index contributed by atoms with van der Waals surface area (Å²) >= 11 is 0. The molecule has 0 aliphatic carbocycles. The first-order valence-electron chi connectivity index (χ1n) is 7.89. The highest BCUT2D eigenvalue weighted by Gasteiger charge is 2.48. The molecule has 1 fully saturated rings. The highest BCUT2D eigenvalue weighted by atomic mass is 16.6. The number of ether oxygens (including phenoxy) is 3. The molecule has 1 rings (SSSR count). The maximum absolute atomic E-state index is 12.4. The number of hydrogen-bond donors (Lipinski definition) is 1. The normalized spacial score (nSPS) is 17.9. The molecule has 0 spiro atoms. The maximum atomic E-state index is 12.4. The minimum Gasteiger partial charge on any atom is -0.464 e. The molecule has 8 nitrogen and oxygen atoms in total. The number of amides is 1. The van der Waals surface area contributed by atoms with E-state index in [0.717, 1.165) is 13.1 Å². The molecule has 0 aromatic heterocycles. The Labute approximate surface area is 136 Å². The highest BCUT2D eigenvalue weighted by Crippen LogP contribution is 2.16. The van der Waals surface area contributed by atoms with E-state index in [1.54, 1.807) is 13.8 Å². The number of morpholine rings is 1. The van der Waals surface area contributed by atoms with Crippen LogP contribution in [-0.2, 0) is 28.6 Å². The van der Waals surface area contributed by atoms with Crippen LogP contribution in [0.4, 0.5) is 0 Å². The van der Waals surface area contributed by atoms with E-state index in [9.17, 15) is 14.4 Å². The third kappa shape index (κ3) is 5.47. The Hall–Kier alpha value is -1.67. The Bertz CT molecular complexity index is 422. The van der Waals surface area contributed by atoms with E-state index in [1.165, 1.54) is 6.92 Å². The van der Waals surface area contributed by atoms with Gasteiger partial charge in [0.2, 0.25) is 11.4 Å². The third-order valence-corrected chi connectivity index (χ3v) is 3.64. The quantitative estimate of drug-likeness (QED) is 0.483. The second-order valence-corrected chi connectivity index (χ2v) is 5.25. The molecule has 0 saturated carbocycles. The Balaban J connectivity index is 2.66. The lowest BCUT2D eigenvalue weighted by molar-refractivity contribution is -0.168. The number of nitrogens with zero attached hydrogens (tertiary/aromatic N) is 1. The van der Waals surface area contributed by atoms with E-state index in [0.29, 0.717) is 19.8 Å². The van der Waals surface area contributed by atoms with Crippen molar-refractivity contribution in [1.82, 2.24) is 10.2 Å². The first-order chi connectivity index (χ1) is 11.0. The van der Waals surface area contributed by atoms with Gasteiger partial charge in [-0.15, -0.1) is 0 Å². The van der Waals surface area contributed by atoms with E-state index >= 15 is 0 Å². The Morgan fingerprint density at radius 1 is 1.13 bits per heavy atom. The van der Waals surface area contributed by atoms with Crippen LogP contribution >= 0.6 is 0 Å².